The summed E-state index contributed by atoms with van der Waals surface area (Å²) in [6.45, 7) is 4.74. The number of hydrogen-bond donors (Lipinski definition) is 1. The van der Waals surface area contributed by atoms with E-state index in [-0.39, 0.29) is 17.6 Å². The summed E-state index contributed by atoms with van der Waals surface area (Å²) in [5.74, 6) is -0.714. The van der Waals surface area contributed by atoms with Crippen LogP contribution in [0, 0.1) is 11.6 Å². The van der Waals surface area contributed by atoms with E-state index in [0.29, 0.717) is 11.1 Å². The molecule has 0 aliphatic rings. The molecule has 112 valence electrons. The molecule has 2 aromatic rings. The Labute approximate surface area is 123 Å². The van der Waals surface area contributed by atoms with E-state index < -0.39 is 5.82 Å². The van der Waals surface area contributed by atoms with Crippen molar-refractivity contribution in [2.45, 2.75) is 19.9 Å². The summed E-state index contributed by atoms with van der Waals surface area (Å²) >= 11 is 0. The highest BCUT2D eigenvalue weighted by Gasteiger charge is 2.17. The summed E-state index contributed by atoms with van der Waals surface area (Å²) in [6.07, 6.45) is 0. The topological polar surface area (TPSA) is 21.3 Å². The Balaban J connectivity index is 2.60. The predicted molar refractivity (Wildman–Crippen MR) is 80.4 cm³/mol. The van der Waals surface area contributed by atoms with Gasteiger partial charge >= 0.3 is 0 Å². The van der Waals surface area contributed by atoms with Gasteiger partial charge in [-0.1, -0.05) is 25.1 Å². The molecule has 2 rings (SSSR count). The van der Waals surface area contributed by atoms with Gasteiger partial charge in [0.1, 0.15) is 5.82 Å². The van der Waals surface area contributed by atoms with Gasteiger partial charge in [0.15, 0.2) is 11.6 Å². The lowest BCUT2D eigenvalue weighted by Crippen LogP contribution is -2.18. The van der Waals surface area contributed by atoms with E-state index in [9.17, 15) is 8.78 Å². The fourth-order valence-corrected chi connectivity index (χ4v) is 2.43. The van der Waals surface area contributed by atoms with E-state index in [1.807, 2.05) is 13.8 Å². The monoisotopic (exact) mass is 291 g/mol. The van der Waals surface area contributed by atoms with Crippen molar-refractivity contribution in [3.8, 4) is 16.9 Å². The van der Waals surface area contributed by atoms with E-state index in [4.69, 9.17) is 4.74 Å². The number of rotatable bonds is 5. The SMILES string of the molecule is CCNC(C)c1ccc(F)cc1-c1cccc(OC)c1F. The molecular weight excluding hydrogens is 272 g/mol. The highest BCUT2D eigenvalue weighted by atomic mass is 19.1. The molecule has 0 fully saturated rings. The molecule has 1 unspecified atom stereocenters. The second kappa shape index (κ2) is 6.68. The summed E-state index contributed by atoms with van der Waals surface area (Å²) in [5.41, 5.74) is 1.74. The zero-order valence-electron chi connectivity index (χ0n) is 12.4. The number of nitrogens with one attached hydrogen (secondary N) is 1. The van der Waals surface area contributed by atoms with Crippen molar-refractivity contribution in [3.05, 3.63) is 53.6 Å². The molecule has 0 spiro atoms. The Hall–Kier alpha value is -1.94. The minimum Gasteiger partial charge on any atom is -0.494 e. The first-order valence-corrected chi connectivity index (χ1v) is 6.94. The van der Waals surface area contributed by atoms with Gasteiger partial charge in [-0.25, -0.2) is 8.78 Å². The first-order chi connectivity index (χ1) is 10.1. The van der Waals surface area contributed by atoms with Gasteiger partial charge in [-0.3, -0.25) is 0 Å². The number of ether oxygens (including phenoxy) is 1. The zero-order chi connectivity index (χ0) is 15.4. The van der Waals surface area contributed by atoms with E-state index in [2.05, 4.69) is 5.32 Å². The lowest BCUT2D eigenvalue weighted by atomic mass is 9.94. The quantitative estimate of drug-likeness (QED) is 0.886. The first kappa shape index (κ1) is 15.4. The molecule has 0 saturated heterocycles. The molecule has 0 aromatic heterocycles. The maximum absolute atomic E-state index is 14.5. The van der Waals surface area contributed by atoms with Crippen LogP contribution in [0.4, 0.5) is 8.78 Å². The predicted octanol–water partition coefficient (Wildman–Crippen LogP) is 4.31. The molecule has 0 aliphatic heterocycles. The van der Waals surface area contributed by atoms with Crippen molar-refractivity contribution in [1.82, 2.24) is 5.32 Å². The molecule has 21 heavy (non-hydrogen) atoms. The number of methoxy groups -OCH3 is 1. The van der Waals surface area contributed by atoms with Crippen molar-refractivity contribution in [2.75, 3.05) is 13.7 Å². The van der Waals surface area contributed by atoms with Crippen LogP contribution < -0.4 is 10.1 Å². The smallest absolute Gasteiger partial charge is 0.172 e. The van der Waals surface area contributed by atoms with Crippen LogP contribution in [0.1, 0.15) is 25.5 Å². The van der Waals surface area contributed by atoms with Gasteiger partial charge in [0, 0.05) is 11.6 Å². The van der Waals surface area contributed by atoms with Gasteiger partial charge in [-0.05, 0) is 42.8 Å². The highest BCUT2D eigenvalue weighted by Crippen LogP contribution is 2.34. The van der Waals surface area contributed by atoms with Crippen LogP contribution in [0.15, 0.2) is 36.4 Å². The Morgan fingerprint density at radius 2 is 1.90 bits per heavy atom. The normalized spacial score (nSPS) is 12.2. The van der Waals surface area contributed by atoms with Gasteiger partial charge < -0.3 is 10.1 Å². The molecule has 1 atom stereocenters. The second-order valence-corrected chi connectivity index (χ2v) is 4.83. The third-order valence-corrected chi connectivity index (χ3v) is 3.47. The van der Waals surface area contributed by atoms with Crippen molar-refractivity contribution < 1.29 is 13.5 Å². The molecule has 0 amide bonds. The summed E-state index contributed by atoms with van der Waals surface area (Å²) in [6, 6.07) is 9.32. The Morgan fingerprint density at radius 1 is 1.14 bits per heavy atom. The lowest BCUT2D eigenvalue weighted by Gasteiger charge is -2.18. The summed E-state index contributed by atoms with van der Waals surface area (Å²) < 4.78 is 33.1. The van der Waals surface area contributed by atoms with Crippen molar-refractivity contribution in [2.24, 2.45) is 0 Å². The van der Waals surface area contributed by atoms with Gasteiger partial charge in [-0.15, -0.1) is 0 Å². The van der Waals surface area contributed by atoms with E-state index in [1.54, 1.807) is 24.3 Å². The maximum atomic E-state index is 14.5. The van der Waals surface area contributed by atoms with Crippen LogP contribution in [0.5, 0.6) is 5.75 Å². The minimum atomic E-state index is -0.476. The fraction of sp³-hybridized carbons (Fsp3) is 0.294. The van der Waals surface area contributed by atoms with E-state index in [1.165, 1.54) is 19.2 Å². The van der Waals surface area contributed by atoms with Crippen LogP contribution in [-0.2, 0) is 0 Å². The van der Waals surface area contributed by atoms with E-state index in [0.717, 1.165) is 12.1 Å². The number of hydrogen-bond acceptors (Lipinski definition) is 2. The first-order valence-electron chi connectivity index (χ1n) is 6.94. The van der Waals surface area contributed by atoms with Crippen molar-refractivity contribution in [1.29, 1.82) is 0 Å². The lowest BCUT2D eigenvalue weighted by molar-refractivity contribution is 0.387. The van der Waals surface area contributed by atoms with Crippen LogP contribution >= 0.6 is 0 Å². The molecule has 0 heterocycles. The molecule has 0 saturated carbocycles. The van der Waals surface area contributed by atoms with Gasteiger partial charge in [0.05, 0.1) is 7.11 Å². The zero-order valence-corrected chi connectivity index (χ0v) is 12.4. The standard InChI is InChI=1S/C17H19F2NO/c1-4-20-11(2)13-9-8-12(18)10-15(13)14-6-5-7-16(21-3)17(14)19/h5-11,20H,4H2,1-3H3. The Kier molecular flexibility index (Phi) is 4.91. The van der Waals surface area contributed by atoms with Crippen LogP contribution in [0.3, 0.4) is 0 Å². The number of benzene rings is 2. The fourth-order valence-electron chi connectivity index (χ4n) is 2.43. The molecule has 4 heteroatoms. The largest absolute Gasteiger partial charge is 0.494 e. The van der Waals surface area contributed by atoms with Crippen LogP contribution in [-0.4, -0.2) is 13.7 Å². The van der Waals surface area contributed by atoms with Gasteiger partial charge in [0.2, 0.25) is 0 Å². The molecule has 2 nitrogen and oxygen atoms in total. The van der Waals surface area contributed by atoms with Crippen LogP contribution in [0.2, 0.25) is 0 Å². The van der Waals surface area contributed by atoms with Crippen molar-refractivity contribution in [3.63, 3.8) is 0 Å². The third kappa shape index (κ3) is 3.22. The molecule has 0 aliphatic carbocycles. The number of halogens is 2. The molecule has 0 bridgehead atoms. The van der Waals surface area contributed by atoms with Crippen molar-refractivity contribution >= 4 is 0 Å². The average molecular weight is 291 g/mol. The minimum absolute atomic E-state index is 0.00352. The molecule has 1 N–H and O–H groups in total. The second-order valence-electron chi connectivity index (χ2n) is 4.83. The molecule has 2 aromatic carbocycles. The van der Waals surface area contributed by atoms with Gasteiger partial charge in [-0.2, -0.15) is 0 Å². The maximum Gasteiger partial charge on any atom is 0.172 e. The summed E-state index contributed by atoms with van der Waals surface area (Å²) in [4.78, 5) is 0. The highest BCUT2D eigenvalue weighted by molar-refractivity contribution is 5.70. The van der Waals surface area contributed by atoms with E-state index >= 15 is 0 Å². The van der Waals surface area contributed by atoms with Crippen LogP contribution in [0.25, 0.3) is 11.1 Å². The van der Waals surface area contributed by atoms with Gasteiger partial charge in [0.25, 0.3) is 0 Å². The summed E-state index contributed by atoms with van der Waals surface area (Å²) in [7, 11) is 1.41. The Morgan fingerprint density at radius 3 is 2.57 bits per heavy atom. The molecule has 0 radical (unpaired) electrons. The average Bonchev–Trinajstić information content (AvgIpc) is 2.47. The summed E-state index contributed by atoms with van der Waals surface area (Å²) in [5, 5.41) is 3.26. The third-order valence-electron chi connectivity index (χ3n) is 3.47. The Bertz CT molecular complexity index is 628. The molecular formula is C17H19F2NO.